The van der Waals surface area contributed by atoms with Gasteiger partial charge >= 0.3 is 0 Å². The van der Waals surface area contributed by atoms with Crippen molar-refractivity contribution in [3.8, 4) is 0 Å². The van der Waals surface area contributed by atoms with E-state index in [1.165, 1.54) is 12.8 Å². The molecule has 3 N–H and O–H groups in total. The van der Waals surface area contributed by atoms with Gasteiger partial charge in [0.05, 0.1) is 0 Å². The summed E-state index contributed by atoms with van der Waals surface area (Å²) < 4.78 is 0. The molecule has 1 saturated heterocycles. The summed E-state index contributed by atoms with van der Waals surface area (Å²) in [7, 11) is 0. The highest BCUT2D eigenvalue weighted by Crippen LogP contribution is 2.00. The topological polar surface area (TPSA) is 38.0 Å². The van der Waals surface area contributed by atoms with Crippen molar-refractivity contribution in [3.05, 3.63) is 0 Å². The third-order valence-electron chi connectivity index (χ3n) is 1.62. The van der Waals surface area contributed by atoms with Gasteiger partial charge in [0.25, 0.3) is 0 Å². The molecule has 0 radical (unpaired) electrons. The second-order valence-corrected chi connectivity index (χ2v) is 2.44. The lowest BCUT2D eigenvalue weighted by molar-refractivity contribution is 0.599. The van der Waals surface area contributed by atoms with Crippen molar-refractivity contribution in [1.82, 2.24) is 5.32 Å². The Balaban J connectivity index is 0. The van der Waals surface area contributed by atoms with Crippen LogP contribution in [0.5, 0.6) is 0 Å². The van der Waals surface area contributed by atoms with E-state index < -0.39 is 0 Å². The molecule has 1 rings (SSSR count). The molecular weight excluding hydrogens is 171 g/mol. The average Bonchev–Trinajstić information content (AvgIpc) is 1.94. The highest BCUT2D eigenvalue weighted by atomic mass is 35.5. The molecule has 1 heterocycles. The minimum atomic E-state index is 0. The van der Waals surface area contributed by atoms with E-state index in [9.17, 15) is 0 Å². The lowest BCUT2D eigenvalue weighted by atomic mass is 10.1. The van der Waals surface area contributed by atoms with Crippen LogP contribution in [0.15, 0.2) is 0 Å². The summed E-state index contributed by atoms with van der Waals surface area (Å²) in [4.78, 5) is 0. The number of rotatable bonds is 0. The van der Waals surface area contributed by atoms with Crippen LogP contribution in [0.4, 0.5) is 0 Å². The van der Waals surface area contributed by atoms with Crippen LogP contribution in [-0.2, 0) is 0 Å². The Labute approximate surface area is 74.8 Å². The van der Waals surface area contributed by atoms with E-state index in [0.717, 1.165) is 19.5 Å². The molecule has 64 valence electrons. The van der Waals surface area contributed by atoms with Gasteiger partial charge in [-0.25, -0.2) is 0 Å². The Morgan fingerprint density at radius 3 is 2.50 bits per heavy atom. The van der Waals surface area contributed by atoms with Gasteiger partial charge in [-0.1, -0.05) is 0 Å². The van der Waals surface area contributed by atoms with E-state index in [2.05, 4.69) is 5.32 Å². The fraction of sp³-hybridized carbons (Fsp3) is 1.00. The van der Waals surface area contributed by atoms with Crippen molar-refractivity contribution in [1.29, 1.82) is 0 Å². The van der Waals surface area contributed by atoms with Crippen molar-refractivity contribution < 1.29 is 0 Å². The van der Waals surface area contributed by atoms with Gasteiger partial charge in [-0.2, -0.15) is 0 Å². The summed E-state index contributed by atoms with van der Waals surface area (Å²) in [6, 6.07) is 0.463. The van der Waals surface area contributed by atoms with E-state index in [-0.39, 0.29) is 24.8 Å². The Hall–Kier alpha value is 0.500. The Bertz CT molecular complexity index is 62.8. The maximum absolute atomic E-state index is 5.69. The molecule has 0 unspecified atom stereocenters. The van der Waals surface area contributed by atoms with E-state index in [4.69, 9.17) is 5.73 Å². The third kappa shape index (κ3) is 5.30. The number of hydrogen-bond donors (Lipinski definition) is 2. The molecule has 1 aliphatic heterocycles. The number of halogens is 2. The minimum Gasteiger partial charge on any atom is -0.328 e. The predicted molar refractivity (Wildman–Crippen MR) is 49.2 cm³/mol. The zero-order valence-corrected chi connectivity index (χ0v) is 7.64. The van der Waals surface area contributed by atoms with Gasteiger partial charge in [0.1, 0.15) is 0 Å². The summed E-state index contributed by atoms with van der Waals surface area (Å²) in [6.45, 7) is 2.27. The van der Waals surface area contributed by atoms with Crippen LogP contribution >= 0.6 is 24.8 Å². The highest BCUT2D eigenvalue weighted by molar-refractivity contribution is 5.85. The number of hydrogen-bond acceptors (Lipinski definition) is 2. The lowest BCUT2D eigenvalue weighted by Gasteiger charge is -2.02. The van der Waals surface area contributed by atoms with Crippen molar-refractivity contribution >= 4 is 24.8 Å². The SMILES string of the molecule is Cl.Cl.N[C@H]1CCCNCC1. The van der Waals surface area contributed by atoms with Crippen molar-refractivity contribution in [2.75, 3.05) is 13.1 Å². The van der Waals surface area contributed by atoms with Crippen molar-refractivity contribution in [3.63, 3.8) is 0 Å². The molecule has 0 saturated carbocycles. The van der Waals surface area contributed by atoms with Crippen LogP contribution in [0.3, 0.4) is 0 Å². The Kier molecular flexibility index (Phi) is 9.97. The molecule has 0 amide bonds. The van der Waals surface area contributed by atoms with Gasteiger partial charge in [-0.15, -0.1) is 24.8 Å². The van der Waals surface area contributed by atoms with Crippen LogP contribution in [-0.4, -0.2) is 19.1 Å². The van der Waals surface area contributed by atoms with E-state index in [1.54, 1.807) is 0 Å². The molecule has 0 aliphatic carbocycles. The molecule has 0 aromatic rings. The van der Waals surface area contributed by atoms with Crippen LogP contribution < -0.4 is 11.1 Å². The average molecular weight is 187 g/mol. The lowest BCUT2D eigenvalue weighted by Crippen LogP contribution is -2.21. The van der Waals surface area contributed by atoms with Crippen LogP contribution in [0.1, 0.15) is 19.3 Å². The van der Waals surface area contributed by atoms with Crippen LogP contribution in [0.2, 0.25) is 0 Å². The molecule has 0 aromatic heterocycles. The van der Waals surface area contributed by atoms with Gasteiger partial charge in [-0.3, -0.25) is 0 Å². The molecular formula is C6H16Cl2N2. The standard InChI is InChI=1S/C6H14N2.2ClH/c7-6-2-1-4-8-5-3-6;;/h6,8H,1-5,7H2;2*1H/t6-;;/m0../s1. The number of nitrogens with two attached hydrogens (primary N) is 1. The zero-order chi connectivity index (χ0) is 5.82. The summed E-state index contributed by atoms with van der Waals surface area (Å²) in [5.74, 6) is 0. The fourth-order valence-corrected chi connectivity index (χ4v) is 1.05. The van der Waals surface area contributed by atoms with Crippen LogP contribution in [0.25, 0.3) is 0 Å². The van der Waals surface area contributed by atoms with E-state index >= 15 is 0 Å². The first kappa shape index (κ1) is 13.1. The summed E-state index contributed by atoms with van der Waals surface area (Å²) in [5, 5.41) is 3.30. The van der Waals surface area contributed by atoms with Gasteiger partial charge in [0.2, 0.25) is 0 Å². The monoisotopic (exact) mass is 186 g/mol. The molecule has 1 atom stereocenters. The minimum absolute atomic E-state index is 0. The van der Waals surface area contributed by atoms with E-state index in [0.29, 0.717) is 6.04 Å². The highest BCUT2D eigenvalue weighted by Gasteiger charge is 2.04. The molecule has 0 spiro atoms. The molecule has 1 fully saturated rings. The predicted octanol–water partition coefficient (Wildman–Crippen LogP) is 0.931. The first-order valence-electron chi connectivity index (χ1n) is 3.36. The fourth-order valence-electron chi connectivity index (χ4n) is 1.05. The third-order valence-corrected chi connectivity index (χ3v) is 1.62. The summed E-state index contributed by atoms with van der Waals surface area (Å²) in [6.07, 6.45) is 3.61. The Morgan fingerprint density at radius 1 is 1.10 bits per heavy atom. The zero-order valence-electron chi connectivity index (χ0n) is 6.01. The molecule has 1 aliphatic rings. The van der Waals surface area contributed by atoms with Gasteiger partial charge in [0, 0.05) is 6.04 Å². The van der Waals surface area contributed by atoms with Gasteiger partial charge in [0.15, 0.2) is 0 Å². The largest absolute Gasteiger partial charge is 0.328 e. The quantitative estimate of drug-likeness (QED) is 0.592. The second-order valence-electron chi connectivity index (χ2n) is 2.44. The van der Waals surface area contributed by atoms with Crippen LogP contribution in [0, 0.1) is 0 Å². The van der Waals surface area contributed by atoms with Crippen molar-refractivity contribution in [2.45, 2.75) is 25.3 Å². The maximum atomic E-state index is 5.69. The number of nitrogens with one attached hydrogen (secondary N) is 1. The molecule has 0 aromatic carbocycles. The molecule has 2 nitrogen and oxygen atoms in total. The van der Waals surface area contributed by atoms with Crippen molar-refractivity contribution in [2.24, 2.45) is 5.73 Å². The summed E-state index contributed by atoms with van der Waals surface area (Å²) in [5.41, 5.74) is 5.69. The smallest absolute Gasteiger partial charge is 0.00513 e. The molecule has 0 bridgehead atoms. The van der Waals surface area contributed by atoms with Gasteiger partial charge < -0.3 is 11.1 Å². The second kappa shape index (κ2) is 7.61. The maximum Gasteiger partial charge on any atom is 0.00513 e. The van der Waals surface area contributed by atoms with Gasteiger partial charge in [-0.05, 0) is 32.4 Å². The first-order chi connectivity index (χ1) is 3.89. The first-order valence-corrected chi connectivity index (χ1v) is 3.36. The molecule has 4 heteroatoms. The normalized spacial score (nSPS) is 25.5. The Morgan fingerprint density at radius 2 is 1.80 bits per heavy atom. The molecule has 10 heavy (non-hydrogen) atoms. The summed E-state index contributed by atoms with van der Waals surface area (Å²) >= 11 is 0. The van der Waals surface area contributed by atoms with E-state index in [1.807, 2.05) is 0 Å².